The van der Waals surface area contributed by atoms with Gasteiger partial charge in [0, 0.05) is 13.1 Å². The molecule has 19 heavy (non-hydrogen) atoms. The molecule has 0 spiro atoms. The molecule has 106 valence electrons. The summed E-state index contributed by atoms with van der Waals surface area (Å²) in [6.45, 7) is 6.94. The van der Waals surface area contributed by atoms with Crippen molar-refractivity contribution in [2.75, 3.05) is 13.7 Å². The lowest BCUT2D eigenvalue weighted by atomic mass is 10.2. The van der Waals surface area contributed by atoms with Gasteiger partial charge in [0.1, 0.15) is 11.9 Å². The zero-order valence-corrected chi connectivity index (χ0v) is 12.1. The summed E-state index contributed by atoms with van der Waals surface area (Å²) in [5.74, 6) is 0.616. The zero-order valence-electron chi connectivity index (χ0n) is 12.1. The van der Waals surface area contributed by atoms with E-state index < -0.39 is 0 Å². The predicted octanol–water partition coefficient (Wildman–Crippen LogP) is 2.37. The van der Waals surface area contributed by atoms with Gasteiger partial charge in [0.2, 0.25) is 0 Å². The first kappa shape index (κ1) is 15.5. The molecule has 0 aliphatic carbocycles. The normalized spacial score (nSPS) is 12.3. The first-order chi connectivity index (χ1) is 9.02. The van der Waals surface area contributed by atoms with Crippen LogP contribution in [0.25, 0.3) is 0 Å². The van der Waals surface area contributed by atoms with Crippen molar-refractivity contribution in [3.8, 4) is 5.75 Å². The number of esters is 1. The molecule has 4 nitrogen and oxygen atoms in total. The zero-order chi connectivity index (χ0) is 14.3. The summed E-state index contributed by atoms with van der Waals surface area (Å²) < 4.78 is 10.4. The monoisotopic (exact) mass is 265 g/mol. The smallest absolute Gasteiger partial charge is 0.308 e. The van der Waals surface area contributed by atoms with Gasteiger partial charge in [-0.3, -0.25) is 4.79 Å². The minimum Gasteiger partial charge on any atom is -0.497 e. The first-order valence-electron chi connectivity index (χ1n) is 6.57. The number of nitrogens with one attached hydrogen (secondary N) is 1. The molecule has 1 rings (SSSR count). The molecule has 0 radical (unpaired) electrons. The highest BCUT2D eigenvalue weighted by Crippen LogP contribution is 2.10. The van der Waals surface area contributed by atoms with Crippen molar-refractivity contribution in [2.45, 2.75) is 33.4 Å². The second kappa shape index (κ2) is 7.79. The van der Waals surface area contributed by atoms with Crippen LogP contribution in [-0.2, 0) is 16.1 Å². The summed E-state index contributed by atoms with van der Waals surface area (Å²) in [5.41, 5.74) is 1.17. The Morgan fingerprint density at radius 3 is 2.37 bits per heavy atom. The summed E-state index contributed by atoms with van der Waals surface area (Å²) in [6, 6.07) is 7.88. The fraction of sp³-hybridized carbons (Fsp3) is 0.533. The summed E-state index contributed by atoms with van der Waals surface area (Å²) in [4.78, 5) is 11.4. The van der Waals surface area contributed by atoms with E-state index in [-0.39, 0.29) is 18.0 Å². The van der Waals surface area contributed by atoms with Crippen LogP contribution in [-0.4, -0.2) is 25.7 Å². The molecular weight excluding hydrogens is 242 g/mol. The second-order valence-corrected chi connectivity index (χ2v) is 4.88. The molecule has 0 amide bonds. The Morgan fingerprint density at radius 1 is 1.21 bits per heavy atom. The maximum atomic E-state index is 11.4. The molecule has 0 aliphatic heterocycles. The highest BCUT2D eigenvalue weighted by molar-refractivity contribution is 5.71. The molecule has 0 saturated heterocycles. The van der Waals surface area contributed by atoms with Crippen LogP contribution in [0.3, 0.4) is 0 Å². The van der Waals surface area contributed by atoms with Gasteiger partial charge in [-0.25, -0.2) is 0 Å². The summed E-state index contributed by atoms with van der Waals surface area (Å²) in [7, 11) is 1.65. The van der Waals surface area contributed by atoms with Crippen LogP contribution in [0.15, 0.2) is 24.3 Å². The van der Waals surface area contributed by atoms with Gasteiger partial charge in [0.15, 0.2) is 0 Å². The fourth-order valence-electron chi connectivity index (χ4n) is 1.54. The lowest BCUT2D eigenvalue weighted by Crippen LogP contribution is -2.29. The van der Waals surface area contributed by atoms with Crippen molar-refractivity contribution < 1.29 is 14.3 Å². The van der Waals surface area contributed by atoms with Gasteiger partial charge in [0.05, 0.1) is 13.0 Å². The first-order valence-corrected chi connectivity index (χ1v) is 6.57. The summed E-state index contributed by atoms with van der Waals surface area (Å²) in [5, 5.41) is 3.27. The van der Waals surface area contributed by atoms with E-state index in [1.165, 1.54) is 5.56 Å². The summed E-state index contributed by atoms with van der Waals surface area (Å²) in [6.07, 6.45) is -0.117. The Morgan fingerprint density at radius 2 is 1.84 bits per heavy atom. The largest absolute Gasteiger partial charge is 0.497 e. The van der Waals surface area contributed by atoms with Crippen LogP contribution in [0.4, 0.5) is 0 Å². The Bertz CT molecular complexity index is 387. The maximum absolute atomic E-state index is 11.4. The Kier molecular flexibility index (Phi) is 6.36. The van der Waals surface area contributed by atoms with Crippen LogP contribution in [0.5, 0.6) is 5.75 Å². The fourth-order valence-corrected chi connectivity index (χ4v) is 1.54. The van der Waals surface area contributed by atoms with Gasteiger partial charge in [-0.15, -0.1) is 0 Å². The highest BCUT2D eigenvalue weighted by Gasteiger charge is 2.12. The quantitative estimate of drug-likeness (QED) is 0.769. The Hall–Kier alpha value is -1.55. The van der Waals surface area contributed by atoms with Gasteiger partial charge >= 0.3 is 5.97 Å². The van der Waals surface area contributed by atoms with Crippen molar-refractivity contribution in [3.63, 3.8) is 0 Å². The minimum atomic E-state index is -0.154. The maximum Gasteiger partial charge on any atom is 0.308 e. The van der Waals surface area contributed by atoms with Gasteiger partial charge in [0.25, 0.3) is 0 Å². The van der Waals surface area contributed by atoms with Crippen LogP contribution in [0.2, 0.25) is 0 Å². The van der Waals surface area contributed by atoms with Gasteiger partial charge in [-0.2, -0.15) is 0 Å². The third-order valence-electron chi connectivity index (χ3n) is 2.71. The van der Waals surface area contributed by atoms with Crippen LogP contribution in [0.1, 0.15) is 26.3 Å². The number of methoxy groups -OCH3 is 1. The van der Waals surface area contributed by atoms with Crippen molar-refractivity contribution in [3.05, 3.63) is 29.8 Å². The third-order valence-corrected chi connectivity index (χ3v) is 2.71. The molecule has 1 atom stereocenters. The SMILES string of the molecule is COc1ccc(CNCC(C)OC(=O)C(C)C)cc1. The molecule has 1 unspecified atom stereocenters. The van der Waals surface area contributed by atoms with Crippen LogP contribution >= 0.6 is 0 Å². The molecular formula is C15H23NO3. The topological polar surface area (TPSA) is 47.6 Å². The number of ether oxygens (including phenoxy) is 2. The lowest BCUT2D eigenvalue weighted by molar-refractivity contribution is -0.151. The van der Waals surface area contributed by atoms with Crippen LogP contribution in [0, 0.1) is 5.92 Å². The number of benzene rings is 1. The standard InChI is InChI=1S/C15H23NO3/c1-11(2)15(17)19-12(3)9-16-10-13-5-7-14(18-4)8-6-13/h5-8,11-12,16H,9-10H2,1-4H3. The van der Waals surface area contributed by atoms with E-state index in [1.807, 2.05) is 45.0 Å². The van der Waals surface area contributed by atoms with Crippen molar-refractivity contribution in [2.24, 2.45) is 5.92 Å². The number of hydrogen-bond donors (Lipinski definition) is 1. The molecule has 0 saturated carbocycles. The highest BCUT2D eigenvalue weighted by atomic mass is 16.5. The molecule has 1 aromatic rings. The van der Waals surface area contributed by atoms with E-state index in [9.17, 15) is 4.79 Å². The van der Waals surface area contributed by atoms with E-state index in [0.717, 1.165) is 12.3 Å². The predicted molar refractivity (Wildman–Crippen MR) is 75.1 cm³/mol. The Balaban J connectivity index is 2.27. The van der Waals surface area contributed by atoms with Crippen molar-refractivity contribution >= 4 is 5.97 Å². The van der Waals surface area contributed by atoms with E-state index in [2.05, 4.69) is 5.32 Å². The minimum absolute atomic E-state index is 0.0796. The molecule has 1 aromatic carbocycles. The Labute approximate surface area is 115 Å². The van der Waals surface area contributed by atoms with E-state index >= 15 is 0 Å². The van der Waals surface area contributed by atoms with Gasteiger partial charge in [-0.1, -0.05) is 26.0 Å². The lowest BCUT2D eigenvalue weighted by Gasteiger charge is -2.15. The van der Waals surface area contributed by atoms with E-state index in [0.29, 0.717) is 6.54 Å². The molecule has 0 heterocycles. The summed E-state index contributed by atoms with van der Waals surface area (Å²) >= 11 is 0. The average Bonchev–Trinajstić information content (AvgIpc) is 2.39. The average molecular weight is 265 g/mol. The van der Waals surface area contributed by atoms with Crippen molar-refractivity contribution in [1.82, 2.24) is 5.32 Å². The number of hydrogen-bond acceptors (Lipinski definition) is 4. The molecule has 0 aliphatic rings. The van der Waals surface area contributed by atoms with E-state index in [4.69, 9.17) is 9.47 Å². The van der Waals surface area contributed by atoms with E-state index in [1.54, 1.807) is 7.11 Å². The number of carbonyl (C=O) groups is 1. The second-order valence-electron chi connectivity index (χ2n) is 4.88. The molecule has 0 bridgehead atoms. The molecule has 1 N–H and O–H groups in total. The molecule has 0 fully saturated rings. The molecule has 4 heteroatoms. The number of carbonyl (C=O) groups excluding carboxylic acids is 1. The number of rotatable bonds is 7. The van der Waals surface area contributed by atoms with Gasteiger partial charge < -0.3 is 14.8 Å². The van der Waals surface area contributed by atoms with Gasteiger partial charge in [-0.05, 0) is 24.6 Å². The third kappa shape index (κ3) is 5.75. The van der Waals surface area contributed by atoms with Crippen molar-refractivity contribution in [1.29, 1.82) is 0 Å². The molecule has 0 aromatic heterocycles. The van der Waals surface area contributed by atoms with Crippen LogP contribution < -0.4 is 10.1 Å².